The zero-order chi connectivity index (χ0) is 19.5. The predicted octanol–water partition coefficient (Wildman–Crippen LogP) is 1.89. The zero-order valence-corrected chi connectivity index (χ0v) is 16.0. The third-order valence-corrected chi connectivity index (χ3v) is 6.09. The Morgan fingerprint density at radius 2 is 1.89 bits per heavy atom. The van der Waals surface area contributed by atoms with Gasteiger partial charge in [0.2, 0.25) is 21.8 Å². The van der Waals surface area contributed by atoms with Gasteiger partial charge in [0, 0.05) is 13.0 Å². The lowest BCUT2D eigenvalue weighted by Gasteiger charge is -2.25. The quantitative estimate of drug-likeness (QED) is 0.728. The number of carbonyl (C=O) groups excluding carboxylic acids is 1. The molecule has 1 saturated carbocycles. The van der Waals surface area contributed by atoms with Gasteiger partial charge in [0.05, 0.1) is 4.90 Å². The van der Waals surface area contributed by atoms with Crippen LogP contribution >= 0.6 is 0 Å². The molecule has 0 radical (unpaired) electrons. The number of carbonyl (C=O) groups is 1. The Balaban J connectivity index is 1.71. The van der Waals surface area contributed by atoms with Crippen LogP contribution in [0.5, 0.6) is 0 Å². The highest BCUT2D eigenvalue weighted by molar-refractivity contribution is 7.89. The Bertz CT molecular complexity index is 942. The lowest BCUT2D eigenvalue weighted by molar-refractivity contribution is -0.118. The molecule has 9 heteroatoms. The molecule has 0 saturated heterocycles. The van der Waals surface area contributed by atoms with Gasteiger partial charge in [-0.1, -0.05) is 30.1 Å². The van der Waals surface area contributed by atoms with Crippen molar-refractivity contribution in [3.05, 3.63) is 47.6 Å². The highest BCUT2D eigenvalue weighted by Gasteiger charge is 2.40. The third-order valence-electron chi connectivity index (χ3n) is 4.66. The summed E-state index contributed by atoms with van der Waals surface area (Å²) in [4.78, 5) is 16.9. The van der Waals surface area contributed by atoms with E-state index in [1.807, 2.05) is 0 Å². The Labute approximate surface area is 158 Å². The fraction of sp³-hybridized carbons (Fsp3) is 0.389. The Morgan fingerprint density at radius 3 is 2.44 bits per heavy atom. The predicted molar refractivity (Wildman–Crippen MR) is 99.0 cm³/mol. The van der Waals surface area contributed by atoms with Crippen molar-refractivity contribution in [1.29, 1.82) is 0 Å². The van der Waals surface area contributed by atoms with E-state index in [1.54, 1.807) is 25.1 Å². The van der Waals surface area contributed by atoms with Crippen LogP contribution in [0.1, 0.15) is 43.0 Å². The SMILES string of the molecule is CNS(=O)(=O)c1ccc(/C=C/C(=O)NC2(c3noc(C)n3)CCCC2)cc1. The van der Waals surface area contributed by atoms with Crippen LogP contribution in [0.15, 0.2) is 39.8 Å². The van der Waals surface area contributed by atoms with Crippen LogP contribution in [-0.4, -0.2) is 31.5 Å². The van der Waals surface area contributed by atoms with E-state index in [9.17, 15) is 13.2 Å². The monoisotopic (exact) mass is 390 g/mol. The van der Waals surface area contributed by atoms with E-state index in [1.165, 1.54) is 25.3 Å². The molecule has 2 N–H and O–H groups in total. The molecular formula is C18H22N4O4S. The topological polar surface area (TPSA) is 114 Å². The Hall–Kier alpha value is -2.52. The fourth-order valence-electron chi connectivity index (χ4n) is 3.20. The van der Waals surface area contributed by atoms with Crippen LogP contribution in [0.2, 0.25) is 0 Å². The van der Waals surface area contributed by atoms with Crippen molar-refractivity contribution in [2.45, 2.75) is 43.0 Å². The second-order valence-electron chi connectivity index (χ2n) is 6.53. The average molecular weight is 390 g/mol. The smallest absolute Gasteiger partial charge is 0.244 e. The number of nitrogens with one attached hydrogen (secondary N) is 2. The zero-order valence-electron chi connectivity index (χ0n) is 15.2. The van der Waals surface area contributed by atoms with Crippen LogP contribution in [0, 0.1) is 6.92 Å². The first kappa shape index (κ1) is 19.2. The minimum Gasteiger partial charge on any atom is -0.340 e. The molecule has 0 unspecified atom stereocenters. The summed E-state index contributed by atoms with van der Waals surface area (Å²) in [5, 5.41) is 7.01. The minimum absolute atomic E-state index is 0.170. The molecule has 1 aromatic heterocycles. The molecule has 1 amide bonds. The number of rotatable bonds is 6. The van der Waals surface area contributed by atoms with Gasteiger partial charge < -0.3 is 9.84 Å². The lowest BCUT2D eigenvalue weighted by atomic mass is 9.96. The van der Waals surface area contributed by atoms with Crippen LogP contribution in [-0.2, 0) is 20.4 Å². The molecule has 27 heavy (non-hydrogen) atoms. The van der Waals surface area contributed by atoms with Crippen LogP contribution in [0.4, 0.5) is 0 Å². The Morgan fingerprint density at radius 1 is 1.22 bits per heavy atom. The van der Waals surface area contributed by atoms with E-state index in [0.29, 0.717) is 11.7 Å². The third kappa shape index (κ3) is 4.25. The van der Waals surface area contributed by atoms with Crippen molar-refractivity contribution >= 4 is 22.0 Å². The maximum absolute atomic E-state index is 12.4. The molecule has 1 fully saturated rings. The van der Waals surface area contributed by atoms with Crippen LogP contribution in [0.3, 0.4) is 0 Å². The largest absolute Gasteiger partial charge is 0.340 e. The summed E-state index contributed by atoms with van der Waals surface area (Å²) in [5.74, 6) is 0.727. The minimum atomic E-state index is -3.47. The van der Waals surface area contributed by atoms with Crippen LogP contribution in [0.25, 0.3) is 6.08 Å². The molecule has 3 rings (SSSR count). The summed E-state index contributed by atoms with van der Waals surface area (Å²) in [5.41, 5.74) is 0.125. The average Bonchev–Trinajstić information content (AvgIpc) is 3.30. The standard InChI is InChI=1S/C18H22N4O4S/c1-13-20-17(22-26-13)18(11-3-4-12-18)21-16(23)10-7-14-5-8-15(9-6-14)27(24,25)19-2/h5-10,19H,3-4,11-12H2,1-2H3,(H,21,23)/b10-7+. The summed E-state index contributed by atoms with van der Waals surface area (Å²) < 4.78 is 30.8. The van der Waals surface area contributed by atoms with Gasteiger partial charge in [0.25, 0.3) is 0 Å². The van der Waals surface area contributed by atoms with Gasteiger partial charge in [-0.2, -0.15) is 4.98 Å². The first-order chi connectivity index (χ1) is 12.8. The number of benzene rings is 1. The number of sulfonamides is 1. The van der Waals surface area contributed by atoms with E-state index in [2.05, 4.69) is 20.2 Å². The van der Waals surface area contributed by atoms with Crippen LogP contribution < -0.4 is 10.0 Å². The van der Waals surface area contributed by atoms with Gasteiger partial charge in [0.15, 0.2) is 5.82 Å². The second kappa shape index (κ2) is 7.61. The van der Waals surface area contributed by atoms with Crippen molar-refractivity contribution in [2.75, 3.05) is 7.05 Å². The number of nitrogens with zero attached hydrogens (tertiary/aromatic N) is 2. The molecule has 1 aliphatic rings. The second-order valence-corrected chi connectivity index (χ2v) is 8.41. The number of hydrogen-bond donors (Lipinski definition) is 2. The van der Waals surface area contributed by atoms with Gasteiger partial charge in [-0.05, 0) is 43.7 Å². The maximum atomic E-state index is 12.4. The van der Waals surface area contributed by atoms with Gasteiger partial charge >= 0.3 is 0 Å². The fourth-order valence-corrected chi connectivity index (χ4v) is 3.93. The molecule has 0 atom stereocenters. The number of amides is 1. The molecular weight excluding hydrogens is 368 g/mol. The van der Waals surface area contributed by atoms with Gasteiger partial charge in [-0.3, -0.25) is 4.79 Å². The summed E-state index contributed by atoms with van der Waals surface area (Å²) >= 11 is 0. The molecule has 2 aromatic rings. The first-order valence-electron chi connectivity index (χ1n) is 8.69. The molecule has 0 aliphatic heterocycles. The normalized spacial score (nSPS) is 16.7. The van der Waals surface area contributed by atoms with E-state index in [0.717, 1.165) is 31.2 Å². The molecule has 144 valence electrons. The van der Waals surface area contributed by atoms with E-state index >= 15 is 0 Å². The molecule has 0 bridgehead atoms. The Kier molecular flexibility index (Phi) is 5.43. The van der Waals surface area contributed by atoms with E-state index in [4.69, 9.17) is 4.52 Å². The van der Waals surface area contributed by atoms with Crippen molar-refractivity contribution in [2.24, 2.45) is 0 Å². The van der Waals surface area contributed by atoms with Gasteiger partial charge in [-0.25, -0.2) is 13.1 Å². The van der Waals surface area contributed by atoms with E-state index < -0.39 is 15.6 Å². The molecule has 8 nitrogen and oxygen atoms in total. The van der Waals surface area contributed by atoms with Gasteiger partial charge in [0.1, 0.15) is 5.54 Å². The van der Waals surface area contributed by atoms with Crippen molar-refractivity contribution in [3.63, 3.8) is 0 Å². The number of hydrogen-bond acceptors (Lipinski definition) is 6. The first-order valence-corrected chi connectivity index (χ1v) is 10.2. The molecule has 1 aliphatic carbocycles. The lowest BCUT2D eigenvalue weighted by Crippen LogP contribution is -2.44. The molecule has 1 heterocycles. The van der Waals surface area contributed by atoms with Crippen molar-refractivity contribution in [3.8, 4) is 0 Å². The summed E-state index contributed by atoms with van der Waals surface area (Å²) in [6, 6.07) is 6.26. The summed E-state index contributed by atoms with van der Waals surface area (Å²) in [6.45, 7) is 1.72. The highest BCUT2D eigenvalue weighted by Crippen LogP contribution is 2.37. The summed E-state index contributed by atoms with van der Waals surface area (Å²) in [6.07, 6.45) is 6.56. The van der Waals surface area contributed by atoms with E-state index in [-0.39, 0.29) is 10.8 Å². The molecule has 0 spiro atoms. The maximum Gasteiger partial charge on any atom is 0.244 e. The van der Waals surface area contributed by atoms with Crippen molar-refractivity contribution in [1.82, 2.24) is 20.2 Å². The van der Waals surface area contributed by atoms with Crippen molar-refractivity contribution < 1.29 is 17.7 Å². The number of aromatic nitrogens is 2. The summed E-state index contributed by atoms with van der Waals surface area (Å²) in [7, 11) is -2.12. The molecule has 1 aromatic carbocycles. The van der Waals surface area contributed by atoms with Gasteiger partial charge in [-0.15, -0.1) is 0 Å². The highest BCUT2D eigenvalue weighted by atomic mass is 32.2. The number of aryl methyl sites for hydroxylation is 1.